The van der Waals surface area contributed by atoms with Crippen molar-refractivity contribution in [3.8, 4) is 107 Å². The van der Waals surface area contributed by atoms with E-state index in [0.717, 1.165) is 33.4 Å². The molecule has 2 aliphatic carbocycles. The van der Waals surface area contributed by atoms with E-state index in [9.17, 15) is 5.26 Å². The van der Waals surface area contributed by atoms with Gasteiger partial charge in [0.25, 0.3) is 0 Å². The van der Waals surface area contributed by atoms with E-state index in [1.807, 2.05) is 53.8 Å². The maximum Gasteiger partial charge on any atom is 0.164 e. The van der Waals surface area contributed by atoms with Crippen LogP contribution in [0.3, 0.4) is 0 Å². The van der Waals surface area contributed by atoms with Crippen molar-refractivity contribution < 1.29 is 0 Å². The van der Waals surface area contributed by atoms with Gasteiger partial charge in [0.15, 0.2) is 17.5 Å². The molecule has 12 aromatic rings. The lowest BCUT2D eigenvalue weighted by Gasteiger charge is -2.21. The van der Waals surface area contributed by atoms with Gasteiger partial charge in [0.05, 0.1) is 11.6 Å². The summed E-state index contributed by atoms with van der Waals surface area (Å²) in [5, 5.41) is 14.4. The summed E-state index contributed by atoms with van der Waals surface area (Å²) in [5.74, 6) is 1.94. The molecule has 10 aromatic carbocycles. The second-order valence-electron chi connectivity index (χ2n) is 19.0. The highest BCUT2D eigenvalue weighted by molar-refractivity contribution is 7.25. The first-order valence-electron chi connectivity index (χ1n) is 23.7. The minimum Gasteiger partial charge on any atom is -0.208 e. The Bertz CT molecular complexity index is 4170. The summed E-state index contributed by atoms with van der Waals surface area (Å²) >= 11 is 1.83. The average Bonchev–Trinajstić information content (AvgIpc) is 4.04. The quantitative estimate of drug-likeness (QED) is 0.167. The number of thiophene rings is 1. The fourth-order valence-corrected chi connectivity index (χ4v) is 12.5. The summed E-state index contributed by atoms with van der Waals surface area (Å²) in [6.45, 7) is 4.61. The summed E-state index contributed by atoms with van der Waals surface area (Å²) < 4.78 is 2.50. The van der Waals surface area contributed by atoms with Crippen LogP contribution in [0.5, 0.6) is 0 Å². The number of rotatable bonds is 6. The molecule has 0 amide bonds. The molecule has 0 atom stereocenters. The molecule has 0 bridgehead atoms. The van der Waals surface area contributed by atoms with Crippen molar-refractivity contribution in [3.05, 3.63) is 223 Å². The molecular weight excluding hydrogens is 869 g/mol. The van der Waals surface area contributed by atoms with Gasteiger partial charge < -0.3 is 0 Å². The first-order chi connectivity index (χ1) is 34.4. The van der Waals surface area contributed by atoms with Crippen molar-refractivity contribution in [1.29, 1.82) is 5.26 Å². The number of aromatic nitrogens is 3. The highest BCUT2D eigenvalue weighted by Gasteiger charge is 2.37. The third-order valence-corrected chi connectivity index (χ3v) is 15.9. The third-order valence-electron chi connectivity index (χ3n) is 14.8. The largest absolute Gasteiger partial charge is 0.208 e. The zero-order valence-corrected chi connectivity index (χ0v) is 39.1. The average molecular weight is 909 g/mol. The number of hydrogen-bond donors (Lipinski definition) is 0. The molecule has 0 saturated heterocycles. The van der Waals surface area contributed by atoms with Crippen LogP contribution in [0, 0.1) is 11.3 Å². The Hall–Kier alpha value is -8.82. The molecular formula is C65H40N4S. The molecule has 70 heavy (non-hydrogen) atoms. The lowest BCUT2D eigenvalue weighted by molar-refractivity contribution is 0.660. The predicted octanol–water partition coefficient (Wildman–Crippen LogP) is 17.2. The van der Waals surface area contributed by atoms with Gasteiger partial charge in [0.1, 0.15) is 0 Å². The van der Waals surface area contributed by atoms with Gasteiger partial charge >= 0.3 is 0 Å². The smallest absolute Gasteiger partial charge is 0.164 e. The van der Waals surface area contributed by atoms with Crippen LogP contribution in [-0.4, -0.2) is 15.0 Å². The number of nitrogens with zero attached hydrogens (tertiary/aromatic N) is 4. The SMILES string of the molecule is CC1(C)c2ccccc2-c2c(-c3nc(-c4ccccc4)nc(-c4ccc(-c5ccc6c7c(ccc(-c8ccc9c(c8)sc8cc(-c%10ccc(C#N)cc%10)ccc89)c57)-c5ccccc5-6)cc4)n3)cccc21. The molecule has 326 valence electrons. The Balaban J connectivity index is 0.903. The van der Waals surface area contributed by atoms with E-state index in [0.29, 0.717) is 23.0 Å². The Morgan fingerprint density at radius 2 is 0.857 bits per heavy atom. The van der Waals surface area contributed by atoms with Crippen molar-refractivity contribution in [2.24, 2.45) is 0 Å². The molecule has 0 aliphatic heterocycles. The van der Waals surface area contributed by atoms with Crippen LogP contribution in [0.25, 0.3) is 132 Å². The topological polar surface area (TPSA) is 62.5 Å². The third kappa shape index (κ3) is 6.10. The van der Waals surface area contributed by atoms with E-state index in [-0.39, 0.29) is 5.41 Å². The van der Waals surface area contributed by atoms with Gasteiger partial charge in [-0.15, -0.1) is 11.3 Å². The summed E-state index contributed by atoms with van der Waals surface area (Å²) in [6, 6.07) is 76.2. The lowest BCUT2D eigenvalue weighted by atomic mass is 9.82. The molecule has 2 aliphatic rings. The highest BCUT2D eigenvalue weighted by atomic mass is 32.1. The molecule has 0 unspecified atom stereocenters. The second kappa shape index (κ2) is 15.3. The number of fused-ring (bicyclic) bond motifs is 9. The number of benzene rings is 10. The van der Waals surface area contributed by atoms with Crippen LogP contribution < -0.4 is 0 Å². The van der Waals surface area contributed by atoms with Crippen molar-refractivity contribution in [1.82, 2.24) is 15.0 Å². The summed E-state index contributed by atoms with van der Waals surface area (Å²) in [6.07, 6.45) is 0. The van der Waals surface area contributed by atoms with Gasteiger partial charge in [-0.2, -0.15) is 5.26 Å². The van der Waals surface area contributed by atoms with E-state index in [4.69, 9.17) is 15.0 Å². The molecule has 14 rings (SSSR count). The van der Waals surface area contributed by atoms with Gasteiger partial charge in [0.2, 0.25) is 0 Å². The molecule has 0 saturated carbocycles. The first-order valence-corrected chi connectivity index (χ1v) is 24.5. The van der Waals surface area contributed by atoms with E-state index < -0.39 is 0 Å². The molecule has 5 heteroatoms. The van der Waals surface area contributed by atoms with Crippen LogP contribution >= 0.6 is 11.3 Å². The Kier molecular flexibility index (Phi) is 8.83. The van der Waals surface area contributed by atoms with Gasteiger partial charge in [-0.3, -0.25) is 0 Å². The van der Waals surface area contributed by atoms with Gasteiger partial charge in [-0.1, -0.05) is 196 Å². The standard InChI is InChI=1S/C65H40N4S/c1-65(2)55-17-9-8-15-53(55)59-54(16-10-18-56(59)65)64-68-62(41-11-4-3-5-12-41)67-63(69-64)42-25-23-40(24-26-42)45-31-33-51-47-13-6-7-14-48(47)52-34-32-46(60(45)61(51)52)44-28-30-50-49-29-27-43(35-57(49)70-58(50)36-44)39-21-19-38(37-66)20-22-39/h3-36H,1-2H3. The van der Waals surface area contributed by atoms with Crippen LogP contribution in [-0.2, 0) is 5.41 Å². The fraction of sp³-hybridized carbons (Fsp3) is 0.0462. The monoisotopic (exact) mass is 908 g/mol. The van der Waals surface area contributed by atoms with Crippen LogP contribution in [0.15, 0.2) is 206 Å². The Morgan fingerprint density at radius 1 is 0.371 bits per heavy atom. The maximum absolute atomic E-state index is 9.35. The van der Waals surface area contributed by atoms with Gasteiger partial charge in [0, 0.05) is 42.3 Å². The molecule has 2 aromatic heterocycles. The van der Waals surface area contributed by atoms with Crippen molar-refractivity contribution >= 4 is 42.3 Å². The molecule has 0 N–H and O–H groups in total. The summed E-state index contributed by atoms with van der Waals surface area (Å²) in [4.78, 5) is 15.7. The summed E-state index contributed by atoms with van der Waals surface area (Å²) in [7, 11) is 0. The van der Waals surface area contributed by atoms with Crippen molar-refractivity contribution in [2.75, 3.05) is 0 Å². The first kappa shape index (κ1) is 40.3. The van der Waals surface area contributed by atoms with E-state index >= 15 is 0 Å². The second-order valence-corrected chi connectivity index (χ2v) is 20.1. The van der Waals surface area contributed by atoms with Gasteiger partial charge in [-0.05, 0) is 113 Å². The normalized spacial score (nSPS) is 12.8. The molecule has 2 heterocycles. The summed E-state index contributed by atoms with van der Waals surface area (Å²) in [5.41, 5.74) is 20.5. The number of hydrogen-bond acceptors (Lipinski definition) is 5. The predicted molar refractivity (Wildman–Crippen MR) is 290 cm³/mol. The zero-order chi connectivity index (χ0) is 46.7. The minimum atomic E-state index is -0.147. The maximum atomic E-state index is 9.35. The fourth-order valence-electron chi connectivity index (χ4n) is 11.3. The van der Waals surface area contributed by atoms with Crippen LogP contribution in [0.2, 0.25) is 0 Å². The highest BCUT2D eigenvalue weighted by Crippen LogP contribution is 2.54. The zero-order valence-electron chi connectivity index (χ0n) is 38.3. The van der Waals surface area contributed by atoms with Gasteiger partial charge in [-0.25, -0.2) is 15.0 Å². The van der Waals surface area contributed by atoms with Crippen molar-refractivity contribution in [3.63, 3.8) is 0 Å². The minimum absolute atomic E-state index is 0.147. The van der Waals surface area contributed by atoms with Crippen molar-refractivity contribution in [2.45, 2.75) is 19.3 Å². The Labute approximate surface area is 409 Å². The van der Waals surface area contributed by atoms with E-state index in [1.165, 1.54) is 92.1 Å². The molecule has 0 fully saturated rings. The molecule has 4 nitrogen and oxygen atoms in total. The number of nitriles is 1. The molecule has 0 spiro atoms. The van der Waals surface area contributed by atoms with E-state index in [2.05, 4.69) is 184 Å². The molecule has 0 radical (unpaired) electrons. The Morgan fingerprint density at radius 3 is 1.54 bits per heavy atom. The lowest BCUT2D eigenvalue weighted by Crippen LogP contribution is -2.14. The van der Waals surface area contributed by atoms with Crippen LogP contribution in [0.4, 0.5) is 0 Å². The van der Waals surface area contributed by atoms with Crippen LogP contribution in [0.1, 0.15) is 30.5 Å². The van der Waals surface area contributed by atoms with E-state index in [1.54, 1.807) is 0 Å².